The van der Waals surface area contributed by atoms with Crippen molar-refractivity contribution < 1.29 is 27.9 Å². The summed E-state index contributed by atoms with van der Waals surface area (Å²) in [6, 6.07) is 8.56. The Morgan fingerprint density at radius 2 is 1.94 bits per heavy atom. The van der Waals surface area contributed by atoms with Crippen LogP contribution < -0.4 is 11.1 Å². The Labute approximate surface area is 182 Å². The maximum absolute atomic E-state index is 14.1. The second kappa shape index (κ2) is 9.05. The standard InChI is InChI=1S/C23H23F2N3O4/c24-16-9-17-19(21(22(26)30)32-20(17)18(25)10-16)27-23(31)15-3-1-2-14(8-15)11-28-6-4-13(12-29)5-7-28/h1-3,8-10,13,29H,4-7,11-12H2,(H2,26,30)(H,27,31). The van der Waals surface area contributed by atoms with Crippen LogP contribution in [0, 0.1) is 17.6 Å². The number of aliphatic hydroxyl groups excluding tert-OH is 1. The van der Waals surface area contributed by atoms with Crippen molar-refractivity contribution in [2.75, 3.05) is 25.0 Å². The van der Waals surface area contributed by atoms with Crippen LogP contribution in [0.15, 0.2) is 40.8 Å². The van der Waals surface area contributed by atoms with E-state index in [1.807, 2.05) is 6.07 Å². The largest absolute Gasteiger partial charge is 0.446 e. The zero-order chi connectivity index (χ0) is 22.8. The molecule has 7 nitrogen and oxygen atoms in total. The van der Waals surface area contributed by atoms with Gasteiger partial charge in [-0.1, -0.05) is 12.1 Å². The van der Waals surface area contributed by atoms with Gasteiger partial charge in [-0.2, -0.15) is 0 Å². The summed E-state index contributed by atoms with van der Waals surface area (Å²) < 4.78 is 33.0. The van der Waals surface area contributed by atoms with Crippen molar-refractivity contribution in [2.45, 2.75) is 19.4 Å². The van der Waals surface area contributed by atoms with Crippen molar-refractivity contribution in [1.29, 1.82) is 0 Å². The molecule has 0 atom stereocenters. The molecule has 0 saturated carbocycles. The van der Waals surface area contributed by atoms with Gasteiger partial charge in [0.05, 0.1) is 5.39 Å². The van der Waals surface area contributed by atoms with Gasteiger partial charge in [0.15, 0.2) is 11.4 Å². The number of nitrogens with two attached hydrogens (primary N) is 1. The molecule has 32 heavy (non-hydrogen) atoms. The minimum absolute atomic E-state index is 0.0902. The van der Waals surface area contributed by atoms with E-state index in [0.717, 1.165) is 37.6 Å². The fourth-order valence-electron chi connectivity index (χ4n) is 4.00. The number of likely N-dealkylation sites (tertiary alicyclic amines) is 1. The van der Waals surface area contributed by atoms with Crippen molar-refractivity contribution in [1.82, 2.24) is 4.90 Å². The Morgan fingerprint density at radius 1 is 1.19 bits per heavy atom. The molecule has 2 amide bonds. The number of piperidine rings is 1. The van der Waals surface area contributed by atoms with Gasteiger partial charge >= 0.3 is 0 Å². The molecule has 1 fully saturated rings. The van der Waals surface area contributed by atoms with Gasteiger partial charge in [-0.25, -0.2) is 8.78 Å². The minimum atomic E-state index is -1.02. The Hall–Kier alpha value is -3.30. The predicted octanol–water partition coefficient (Wildman–Crippen LogP) is 3.27. The molecule has 0 unspecified atom stereocenters. The van der Waals surface area contributed by atoms with E-state index in [1.165, 1.54) is 0 Å². The second-order valence-electron chi connectivity index (χ2n) is 7.99. The Bertz CT molecular complexity index is 1170. The highest BCUT2D eigenvalue weighted by atomic mass is 19.1. The van der Waals surface area contributed by atoms with E-state index in [9.17, 15) is 23.5 Å². The van der Waals surface area contributed by atoms with Crippen LogP contribution in [-0.2, 0) is 6.54 Å². The number of hydrogen-bond acceptors (Lipinski definition) is 5. The van der Waals surface area contributed by atoms with E-state index in [4.69, 9.17) is 10.2 Å². The molecule has 1 aliphatic rings. The molecule has 0 aliphatic carbocycles. The van der Waals surface area contributed by atoms with Gasteiger partial charge in [0, 0.05) is 24.8 Å². The lowest BCUT2D eigenvalue weighted by Gasteiger charge is -2.31. The molecule has 3 aromatic rings. The van der Waals surface area contributed by atoms with Crippen molar-refractivity contribution in [3.05, 3.63) is 64.9 Å². The molecule has 0 bridgehead atoms. The molecule has 1 aromatic heterocycles. The summed E-state index contributed by atoms with van der Waals surface area (Å²) in [5, 5.41) is 11.7. The van der Waals surface area contributed by atoms with Crippen LogP contribution in [0.5, 0.6) is 0 Å². The highest BCUT2D eigenvalue weighted by Crippen LogP contribution is 2.33. The number of primary amides is 1. The number of nitrogens with zero attached hydrogens (tertiary/aromatic N) is 1. The summed E-state index contributed by atoms with van der Waals surface area (Å²) in [5.41, 5.74) is 6.00. The molecule has 0 radical (unpaired) electrons. The zero-order valence-electron chi connectivity index (χ0n) is 17.2. The molecule has 1 aliphatic heterocycles. The average molecular weight is 443 g/mol. The highest BCUT2D eigenvalue weighted by molar-refractivity contribution is 6.14. The van der Waals surface area contributed by atoms with Crippen LogP contribution in [0.4, 0.5) is 14.5 Å². The van der Waals surface area contributed by atoms with E-state index in [0.29, 0.717) is 24.1 Å². The third kappa shape index (κ3) is 4.49. The monoisotopic (exact) mass is 443 g/mol. The molecular formula is C23H23F2N3O4. The maximum Gasteiger partial charge on any atom is 0.286 e. The lowest BCUT2D eigenvalue weighted by molar-refractivity contribution is 0.0977. The predicted molar refractivity (Wildman–Crippen MR) is 114 cm³/mol. The number of rotatable bonds is 6. The third-order valence-corrected chi connectivity index (χ3v) is 5.73. The second-order valence-corrected chi connectivity index (χ2v) is 7.99. The van der Waals surface area contributed by atoms with Crippen molar-refractivity contribution in [3.8, 4) is 0 Å². The summed E-state index contributed by atoms with van der Waals surface area (Å²) in [6.07, 6.45) is 1.85. The topological polar surface area (TPSA) is 109 Å². The molecule has 168 valence electrons. The van der Waals surface area contributed by atoms with Crippen LogP contribution >= 0.6 is 0 Å². The van der Waals surface area contributed by atoms with E-state index in [2.05, 4.69) is 10.2 Å². The number of halogens is 2. The van der Waals surface area contributed by atoms with Crippen LogP contribution in [0.1, 0.15) is 39.3 Å². The van der Waals surface area contributed by atoms with Gasteiger partial charge in [0.2, 0.25) is 5.76 Å². The maximum atomic E-state index is 14.1. The Morgan fingerprint density at radius 3 is 2.62 bits per heavy atom. The number of benzene rings is 2. The van der Waals surface area contributed by atoms with Gasteiger partial charge in [-0.05, 0) is 55.6 Å². The van der Waals surface area contributed by atoms with E-state index >= 15 is 0 Å². The first-order chi connectivity index (χ1) is 15.4. The van der Waals surface area contributed by atoms with Crippen LogP contribution in [0.25, 0.3) is 11.0 Å². The SMILES string of the molecule is NC(=O)c1oc2c(F)cc(F)cc2c1NC(=O)c1cccc(CN2CCC(CO)CC2)c1. The summed E-state index contributed by atoms with van der Waals surface area (Å²) in [7, 11) is 0. The fourth-order valence-corrected chi connectivity index (χ4v) is 4.00. The number of carbonyl (C=O) groups excluding carboxylic acids is 2. The first kappa shape index (κ1) is 21.9. The molecule has 2 heterocycles. The number of nitrogens with one attached hydrogen (secondary N) is 1. The lowest BCUT2D eigenvalue weighted by atomic mass is 9.97. The molecule has 4 rings (SSSR count). The van der Waals surface area contributed by atoms with Gasteiger partial charge < -0.3 is 20.6 Å². The average Bonchev–Trinajstić information content (AvgIpc) is 3.13. The van der Waals surface area contributed by atoms with Crippen LogP contribution in [0.3, 0.4) is 0 Å². The Kier molecular flexibility index (Phi) is 6.20. The first-order valence-electron chi connectivity index (χ1n) is 10.3. The summed E-state index contributed by atoms with van der Waals surface area (Å²) >= 11 is 0. The normalized spacial score (nSPS) is 15.2. The third-order valence-electron chi connectivity index (χ3n) is 5.73. The quantitative estimate of drug-likeness (QED) is 0.542. The van der Waals surface area contributed by atoms with E-state index in [-0.39, 0.29) is 23.3 Å². The van der Waals surface area contributed by atoms with Gasteiger partial charge in [-0.15, -0.1) is 0 Å². The molecule has 1 saturated heterocycles. The van der Waals surface area contributed by atoms with Crippen molar-refractivity contribution >= 4 is 28.5 Å². The number of aliphatic hydroxyl groups is 1. The minimum Gasteiger partial charge on any atom is -0.446 e. The highest BCUT2D eigenvalue weighted by Gasteiger charge is 2.24. The van der Waals surface area contributed by atoms with Crippen molar-refractivity contribution in [2.24, 2.45) is 11.7 Å². The number of furan rings is 1. The molecule has 0 spiro atoms. The van der Waals surface area contributed by atoms with Gasteiger partial charge in [0.1, 0.15) is 11.5 Å². The summed E-state index contributed by atoms with van der Waals surface area (Å²) in [5.74, 6) is -3.59. The lowest BCUT2D eigenvalue weighted by Crippen LogP contribution is -2.34. The number of carbonyl (C=O) groups is 2. The van der Waals surface area contributed by atoms with Crippen LogP contribution in [-0.4, -0.2) is 41.5 Å². The Balaban J connectivity index is 1.56. The summed E-state index contributed by atoms with van der Waals surface area (Å²) in [6.45, 7) is 2.58. The number of anilines is 1. The van der Waals surface area contributed by atoms with Gasteiger partial charge in [0.25, 0.3) is 11.8 Å². The number of fused-ring (bicyclic) bond motifs is 1. The molecular weight excluding hydrogens is 420 g/mol. The fraction of sp³-hybridized carbons (Fsp3) is 0.304. The molecule has 9 heteroatoms. The van der Waals surface area contributed by atoms with E-state index < -0.39 is 29.2 Å². The van der Waals surface area contributed by atoms with Crippen LogP contribution in [0.2, 0.25) is 0 Å². The molecule has 2 aromatic carbocycles. The van der Waals surface area contributed by atoms with Crippen molar-refractivity contribution in [3.63, 3.8) is 0 Å². The van der Waals surface area contributed by atoms with Gasteiger partial charge in [-0.3, -0.25) is 14.5 Å². The van der Waals surface area contributed by atoms with E-state index in [1.54, 1.807) is 18.2 Å². The number of hydrogen-bond donors (Lipinski definition) is 3. The summed E-state index contributed by atoms with van der Waals surface area (Å²) in [4.78, 5) is 26.9. The number of amides is 2. The smallest absolute Gasteiger partial charge is 0.286 e. The molecule has 4 N–H and O–H groups in total. The zero-order valence-corrected chi connectivity index (χ0v) is 17.2. The first-order valence-corrected chi connectivity index (χ1v) is 10.3.